The maximum absolute atomic E-state index is 13.4. The van der Waals surface area contributed by atoms with E-state index in [4.69, 9.17) is 4.84 Å². The molecule has 0 saturated carbocycles. The molecule has 1 amide bonds. The summed E-state index contributed by atoms with van der Waals surface area (Å²) in [6, 6.07) is 8.29. The van der Waals surface area contributed by atoms with Gasteiger partial charge < -0.3 is 15.1 Å². The van der Waals surface area contributed by atoms with Crippen molar-refractivity contribution < 1.29 is 14.0 Å². The summed E-state index contributed by atoms with van der Waals surface area (Å²) in [4.78, 5) is 24.6. The highest BCUT2D eigenvalue weighted by Crippen LogP contribution is 2.20. The number of oxime groups is 1. The number of hydrogen-bond acceptors (Lipinski definition) is 4. The van der Waals surface area contributed by atoms with Crippen molar-refractivity contribution in [3.05, 3.63) is 65.9 Å². The number of aromatic nitrogens is 2. The highest BCUT2D eigenvalue weighted by Gasteiger charge is 2.28. The SMILES string of the molecule is O=C(NCCc1c[nH]c2ccc(F)cc12)C1CC(c2ccncc2)=NO1. The number of rotatable bonds is 5. The Kier molecular flexibility index (Phi) is 4.35. The van der Waals surface area contributed by atoms with Crippen molar-refractivity contribution in [3.8, 4) is 0 Å². The van der Waals surface area contributed by atoms with Crippen LogP contribution in [0.2, 0.25) is 0 Å². The molecule has 0 aliphatic carbocycles. The first kappa shape index (κ1) is 16.3. The lowest BCUT2D eigenvalue weighted by molar-refractivity contribution is -0.131. The van der Waals surface area contributed by atoms with Gasteiger partial charge in [0.15, 0.2) is 0 Å². The summed E-state index contributed by atoms with van der Waals surface area (Å²) in [5, 5.41) is 7.69. The van der Waals surface area contributed by atoms with Crippen molar-refractivity contribution in [2.45, 2.75) is 18.9 Å². The molecular formula is C19H17FN4O2. The van der Waals surface area contributed by atoms with Gasteiger partial charge in [0.05, 0.1) is 5.71 Å². The van der Waals surface area contributed by atoms with Crippen LogP contribution in [0, 0.1) is 5.82 Å². The molecule has 1 atom stereocenters. The first-order valence-corrected chi connectivity index (χ1v) is 8.37. The third-order valence-electron chi connectivity index (χ3n) is 4.40. The summed E-state index contributed by atoms with van der Waals surface area (Å²) in [6.07, 6.45) is 5.59. The lowest BCUT2D eigenvalue weighted by Crippen LogP contribution is -2.35. The van der Waals surface area contributed by atoms with Gasteiger partial charge in [0, 0.05) is 48.0 Å². The van der Waals surface area contributed by atoms with E-state index in [1.165, 1.54) is 12.1 Å². The zero-order valence-electron chi connectivity index (χ0n) is 13.9. The Morgan fingerprint density at radius 1 is 1.31 bits per heavy atom. The zero-order chi connectivity index (χ0) is 17.9. The number of hydrogen-bond donors (Lipinski definition) is 2. The van der Waals surface area contributed by atoms with Gasteiger partial charge in [0.2, 0.25) is 6.10 Å². The van der Waals surface area contributed by atoms with Gasteiger partial charge >= 0.3 is 0 Å². The first-order chi connectivity index (χ1) is 12.7. The predicted octanol–water partition coefficient (Wildman–Crippen LogP) is 2.55. The van der Waals surface area contributed by atoms with Gasteiger partial charge in [0.25, 0.3) is 5.91 Å². The Labute approximate surface area is 149 Å². The van der Waals surface area contributed by atoms with Crippen LogP contribution >= 0.6 is 0 Å². The van der Waals surface area contributed by atoms with E-state index in [9.17, 15) is 9.18 Å². The number of carbonyl (C=O) groups is 1. The molecule has 132 valence electrons. The Morgan fingerprint density at radius 2 is 2.15 bits per heavy atom. The van der Waals surface area contributed by atoms with Crippen LogP contribution < -0.4 is 5.32 Å². The van der Waals surface area contributed by atoms with E-state index < -0.39 is 6.10 Å². The van der Waals surface area contributed by atoms with Gasteiger partial charge in [0.1, 0.15) is 5.82 Å². The van der Waals surface area contributed by atoms with Crippen LogP contribution in [-0.4, -0.2) is 34.2 Å². The number of nitrogens with zero attached hydrogens (tertiary/aromatic N) is 2. The van der Waals surface area contributed by atoms with Crippen molar-refractivity contribution in [1.29, 1.82) is 0 Å². The standard InChI is InChI=1S/C19H17FN4O2/c20-14-1-2-16-15(9-14)13(11-23-16)5-8-22-19(25)18-10-17(24-26-18)12-3-6-21-7-4-12/h1-4,6-7,9,11,18,23H,5,8,10H2,(H,22,25). The normalized spacial score (nSPS) is 16.3. The fourth-order valence-corrected chi connectivity index (χ4v) is 3.02. The molecule has 0 saturated heterocycles. The topological polar surface area (TPSA) is 79.4 Å². The van der Waals surface area contributed by atoms with Crippen molar-refractivity contribution in [1.82, 2.24) is 15.3 Å². The van der Waals surface area contributed by atoms with Crippen LogP contribution in [-0.2, 0) is 16.1 Å². The number of halogens is 1. The average Bonchev–Trinajstić information content (AvgIpc) is 3.30. The predicted molar refractivity (Wildman–Crippen MR) is 95.2 cm³/mol. The fraction of sp³-hybridized carbons (Fsp3) is 0.211. The van der Waals surface area contributed by atoms with Gasteiger partial charge in [-0.1, -0.05) is 5.16 Å². The molecule has 0 fully saturated rings. The largest absolute Gasteiger partial charge is 0.382 e. The summed E-state index contributed by atoms with van der Waals surface area (Å²) < 4.78 is 13.4. The highest BCUT2D eigenvalue weighted by molar-refractivity contribution is 6.03. The smallest absolute Gasteiger partial charge is 0.264 e. The number of pyridine rings is 1. The third-order valence-corrected chi connectivity index (χ3v) is 4.40. The van der Waals surface area contributed by atoms with E-state index in [2.05, 4.69) is 20.4 Å². The molecule has 3 heterocycles. The zero-order valence-corrected chi connectivity index (χ0v) is 13.9. The Hall–Kier alpha value is -3.22. The van der Waals surface area contributed by atoms with Crippen LogP contribution in [0.25, 0.3) is 10.9 Å². The third kappa shape index (κ3) is 3.28. The van der Waals surface area contributed by atoms with Gasteiger partial charge in [-0.05, 0) is 42.3 Å². The molecule has 0 spiro atoms. The molecule has 1 aliphatic rings. The molecule has 4 rings (SSSR count). The monoisotopic (exact) mass is 352 g/mol. The number of benzene rings is 1. The minimum absolute atomic E-state index is 0.205. The van der Waals surface area contributed by atoms with Crippen LogP contribution in [0.4, 0.5) is 4.39 Å². The maximum Gasteiger partial charge on any atom is 0.264 e. The fourth-order valence-electron chi connectivity index (χ4n) is 3.02. The quantitative estimate of drug-likeness (QED) is 0.741. The van der Waals surface area contributed by atoms with Gasteiger partial charge in [-0.3, -0.25) is 9.78 Å². The second kappa shape index (κ2) is 6.95. The number of fused-ring (bicyclic) bond motifs is 1. The van der Waals surface area contributed by atoms with Crippen LogP contribution in [0.5, 0.6) is 0 Å². The summed E-state index contributed by atoms with van der Waals surface area (Å²) in [5.74, 6) is -0.480. The van der Waals surface area contributed by atoms with E-state index in [1.54, 1.807) is 18.5 Å². The number of H-pyrrole nitrogens is 1. The van der Waals surface area contributed by atoms with E-state index in [-0.39, 0.29) is 11.7 Å². The number of aromatic amines is 1. The van der Waals surface area contributed by atoms with E-state index >= 15 is 0 Å². The van der Waals surface area contributed by atoms with Gasteiger partial charge in [-0.15, -0.1) is 0 Å². The van der Waals surface area contributed by atoms with Crippen LogP contribution in [0.15, 0.2) is 54.1 Å². The molecule has 2 aromatic heterocycles. The van der Waals surface area contributed by atoms with E-state index in [0.717, 1.165) is 27.7 Å². The Morgan fingerprint density at radius 3 is 3.00 bits per heavy atom. The molecule has 0 radical (unpaired) electrons. The average molecular weight is 352 g/mol. The first-order valence-electron chi connectivity index (χ1n) is 8.37. The molecule has 1 unspecified atom stereocenters. The molecule has 3 aromatic rings. The second-order valence-corrected chi connectivity index (χ2v) is 6.12. The minimum atomic E-state index is -0.626. The van der Waals surface area contributed by atoms with Crippen LogP contribution in [0.3, 0.4) is 0 Å². The molecule has 6 nitrogen and oxygen atoms in total. The summed E-state index contributed by atoms with van der Waals surface area (Å²) in [7, 11) is 0. The Balaban J connectivity index is 1.31. The summed E-state index contributed by atoms with van der Waals surface area (Å²) in [6.45, 7) is 0.437. The van der Waals surface area contributed by atoms with Crippen molar-refractivity contribution in [2.75, 3.05) is 6.54 Å². The minimum Gasteiger partial charge on any atom is -0.382 e. The highest BCUT2D eigenvalue weighted by atomic mass is 19.1. The molecule has 0 bridgehead atoms. The summed E-state index contributed by atoms with van der Waals surface area (Å²) in [5.41, 5.74) is 3.47. The molecule has 7 heteroatoms. The van der Waals surface area contributed by atoms with Crippen LogP contribution in [0.1, 0.15) is 17.5 Å². The van der Waals surface area contributed by atoms with E-state index in [0.29, 0.717) is 19.4 Å². The maximum atomic E-state index is 13.4. The Bertz CT molecular complexity index is 968. The lowest BCUT2D eigenvalue weighted by Gasteiger charge is -2.09. The van der Waals surface area contributed by atoms with Crippen molar-refractivity contribution in [3.63, 3.8) is 0 Å². The van der Waals surface area contributed by atoms with Crippen molar-refractivity contribution in [2.24, 2.45) is 5.16 Å². The number of carbonyl (C=O) groups excluding carboxylic acids is 1. The number of nitrogens with one attached hydrogen (secondary N) is 2. The lowest BCUT2D eigenvalue weighted by atomic mass is 10.1. The van der Waals surface area contributed by atoms with Gasteiger partial charge in [-0.25, -0.2) is 4.39 Å². The van der Waals surface area contributed by atoms with E-state index in [1.807, 2.05) is 18.3 Å². The molecule has 1 aromatic carbocycles. The summed E-state index contributed by atoms with van der Waals surface area (Å²) >= 11 is 0. The van der Waals surface area contributed by atoms with Gasteiger partial charge in [-0.2, -0.15) is 0 Å². The molecular weight excluding hydrogens is 335 g/mol. The molecule has 2 N–H and O–H groups in total. The number of amides is 1. The van der Waals surface area contributed by atoms with Crippen molar-refractivity contribution >= 4 is 22.5 Å². The molecule has 1 aliphatic heterocycles. The second-order valence-electron chi connectivity index (χ2n) is 6.12. The molecule has 26 heavy (non-hydrogen) atoms.